The summed E-state index contributed by atoms with van der Waals surface area (Å²) in [6, 6.07) is 15.8. The number of guanidine groups is 1. The second-order valence-electron chi connectivity index (χ2n) is 6.27. The second-order valence-corrected chi connectivity index (χ2v) is 6.27. The molecule has 6 heteroatoms. The molecule has 2 rings (SSSR count). The molecule has 0 spiro atoms. The number of aliphatic hydroxyl groups excluding tert-OH is 1. The van der Waals surface area contributed by atoms with Crippen LogP contribution in [0.25, 0.3) is 0 Å². The molecule has 148 valence electrons. The Hall–Kier alpha value is -1.80. The number of ether oxygens (including phenoxy) is 1. The van der Waals surface area contributed by atoms with E-state index in [-0.39, 0.29) is 24.0 Å². The minimum atomic E-state index is -0.651. The van der Waals surface area contributed by atoms with Gasteiger partial charge in [0.15, 0.2) is 5.96 Å². The van der Waals surface area contributed by atoms with Gasteiger partial charge in [-0.2, -0.15) is 0 Å². The number of aliphatic hydroxyl groups is 1. The zero-order valence-electron chi connectivity index (χ0n) is 16.5. The van der Waals surface area contributed by atoms with Crippen molar-refractivity contribution in [1.82, 2.24) is 10.2 Å². The maximum atomic E-state index is 10.4. The van der Waals surface area contributed by atoms with Crippen molar-refractivity contribution in [3.8, 4) is 5.75 Å². The fourth-order valence-corrected chi connectivity index (χ4v) is 2.69. The fourth-order valence-electron chi connectivity index (χ4n) is 2.69. The first kappa shape index (κ1) is 23.2. The maximum absolute atomic E-state index is 10.4. The molecule has 0 heterocycles. The lowest BCUT2D eigenvalue weighted by Crippen LogP contribution is -2.38. The summed E-state index contributed by atoms with van der Waals surface area (Å²) in [5.74, 6) is 1.55. The number of hydrogen-bond donors (Lipinski definition) is 2. The van der Waals surface area contributed by atoms with Gasteiger partial charge in [-0.25, -0.2) is 0 Å². The van der Waals surface area contributed by atoms with Gasteiger partial charge in [0.2, 0.25) is 0 Å². The largest absolute Gasteiger partial charge is 0.497 e. The first-order valence-corrected chi connectivity index (χ1v) is 8.91. The Morgan fingerprint density at radius 1 is 1.19 bits per heavy atom. The van der Waals surface area contributed by atoms with E-state index in [4.69, 9.17) is 4.74 Å². The van der Waals surface area contributed by atoms with Crippen LogP contribution in [0.15, 0.2) is 53.5 Å². The van der Waals surface area contributed by atoms with Crippen molar-refractivity contribution in [1.29, 1.82) is 0 Å². The molecule has 5 nitrogen and oxygen atoms in total. The standard InChI is InChI=1S/C21H29N3O2.HI/c1-5-22-21(24(3)15-18-9-7-6-8-16(18)2)23-14-20(25)17-10-12-19(26-4)13-11-17;/h6-13,20,25H,5,14-15H2,1-4H3,(H,22,23);1H. The van der Waals surface area contributed by atoms with Crippen molar-refractivity contribution < 1.29 is 9.84 Å². The highest BCUT2D eigenvalue weighted by Gasteiger charge is 2.11. The van der Waals surface area contributed by atoms with Gasteiger partial charge in [0, 0.05) is 20.1 Å². The van der Waals surface area contributed by atoms with E-state index in [0.717, 1.165) is 30.4 Å². The molecular weight excluding hydrogens is 453 g/mol. The van der Waals surface area contributed by atoms with Gasteiger partial charge in [-0.3, -0.25) is 4.99 Å². The molecule has 0 saturated heterocycles. The van der Waals surface area contributed by atoms with E-state index in [1.165, 1.54) is 11.1 Å². The molecule has 2 aromatic rings. The van der Waals surface area contributed by atoms with Crippen LogP contribution < -0.4 is 10.1 Å². The van der Waals surface area contributed by atoms with Crippen molar-refractivity contribution in [3.63, 3.8) is 0 Å². The van der Waals surface area contributed by atoms with Gasteiger partial charge in [-0.05, 0) is 42.7 Å². The van der Waals surface area contributed by atoms with Gasteiger partial charge in [-0.15, -0.1) is 24.0 Å². The summed E-state index contributed by atoms with van der Waals surface area (Å²) in [4.78, 5) is 6.68. The Morgan fingerprint density at radius 3 is 2.44 bits per heavy atom. The quantitative estimate of drug-likeness (QED) is 0.358. The van der Waals surface area contributed by atoms with Gasteiger partial charge >= 0.3 is 0 Å². The summed E-state index contributed by atoms with van der Waals surface area (Å²) in [7, 11) is 3.64. The average Bonchev–Trinajstić information content (AvgIpc) is 2.66. The van der Waals surface area contributed by atoms with Gasteiger partial charge in [0.05, 0.1) is 19.8 Å². The third-order valence-corrected chi connectivity index (χ3v) is 4.28. The third kappa shape index (κ3) is 7.03. The number of nitrogens with zero attached hydrogens (tertiary/aromatic N) is 2. The van der Waals surface area contributed by atoms with E-state index >= 15 is 0 Å². The van der Waals surface area contributed by atoms with Crippen molar-refractivity contribution in [2.75, 3.05) is 27.2 Å². The number of halogens is 1. The summed E-state index contributed by atoms with van der Waals surface area (Å²) in [5, 5.41) is 13.7. The van der Waals surface area contributed by atoms with Gasteiger partial charge < -0.3 is 20.1 Å². The van der Waals surface area contributed by atoms with Gasteiger partial charge in [0.1, 0.15) is 5.75 Å². The van der Waals surface area contributed by atoms with E-state index in [2.05, 4.69) is 34.3 Å². The minimum absolute atomic E-state index is 0. The van der Waals surface area contributed by atoms with Crippen molar-refractivity contribution in [2.24, 2.45) is 4.99 Å². The zero-order valence-corrected chi connectivity index (χ0v) is 18.8. The van der Waals surface area contributed by atoms with E-state index in [9.17, 15) is 5.11 Å². The van der Waals surface area contributed by atoms with Gasteiger partial charge in [0.25, 0.3) is 0 Å². The Kier molecular flexibility index (Phi) is 10.2. The second kappa shape index (κ2) is 11.8. The molecule has 0 amide bonds. The lowest BCUT2D eigenvalue weighted by molar-refractivity contribution is 0.186. The van der Waals surface area contributed by atoms with E-state index in [1.807, 2.05) is 50.4 Å². The topological polar surface area (TPSA) is 57.1 Å². The van der Waals surface area contributed by atoms with Crippen LogP contribution in [0.2, 0.25) is 0 Å². The summed E-state index contributed by atoms with van der Waals surface area (Å²) in [6.45, 7) is 5.98. The van der Waals surface area contributed by atoms with Crippen molar-refractivity contribution in [2.45, 2.75) is 26.5 Å². The summed E-state index contributed by atoms with van der Waals surface area (Å²) >= 11 is 0. The maximum Gasteiger partial charge on any atom is 0.194 e. The molecule has 1 atom stereocenters. The third-order valence-electron chi connectivity index (χ3n) is 4.28. The zero-order chi connectivity index (χ0) is 18.9. The van der Waals surface area contributed by atoms with Crippen LogP contribution in [0, 0.1) is 6.92 Å². The smallest absolute Gasteiger partial charge is 0.194 e. The van der Waals surface area contributed by atoms with Crippen molar-refractivity contribution in [3.05, 3.63) is 65.2 Å². The van der Waals surface area contributed by atoms with E-state index < -0.39 is 6.10 Å². The molecule has 27 heavy (non-hydrogen) atoms. The van der Waals surface area contributed by atoms with Crippen LogP contribution >= 0.6 is 24.0 Å². The highest BCUT2D eigenvalue weighted by atomic mass is 127. The molecule has 0 fully saturated rings. The number of benzene rings is 2. The highest BCUT2D eigenvalue weighted by Crippen LogP contribution is 2.18. The number of aliphatic imine (C=N–C) groups is 1. The van der Waals surface area contributed by atoms with Crippen LogP contribution in [-0.4, -0.2) is 43.2 Å². The fraction of sp³-hybridized carbons (Fsp3) is 0.381. The molecule has 0 aliphatic rings. The summed E-state index contributed by atoms with van der Waals surface area (Å²) < 4.78 is 5.15. The Balaban J connectivity index is 0.00000364. The van der Waals surface area contributed by atoms with E-state index in [0.29, 0.717) is 6.54 Å². The number of methoxy groups -OCH3 is 1. The van der Waals surface area contributed by atoms with Crippen LogP contribution in [0.5, 0.6) is 5.75 Å². The summed E-state index contributed by atoms with van der Waals surface area (Å²) in [5.41, 5.74) is 3.34. The normalized spacial score (nSPS) is 12.1. The lowest BCUT2D eigenvalue weighted by Gasteiger charge is -2.23. The molecule has 0 saturated carbocycles. The molecule has 0 radical (unpaired) electrons. The number of nitrogens with one attached hydrogen (secondary N) is 1. The number of hydrogen-bond acceptors (Lipinski definition) is 3. The minimum Gasteiger partial charge on any atom is -0.497 e. The lowest BCUT2D eigenvalue weighted by atomic mass is 10.1. The Labute approximate surface area is 179 Å². The van der Waals surface area contributed by atoms with Crippen LogP contribution in [-0.2, 0) is 6.54 Å². The predicted octanol–water partition coefficient (Wildman–Crippen LogP) is 3.75. The molecule has 2 aromatic carbocycles. The van der Waals surface area contributed by atoms with Crippen LogP contribution in [0.1, 0.15) is 29.7 Å². The predicted molar refractivity (Wildman–Crippen MR) is 122 cm³/mol. The Bertz CT molecular complexity index is 720. The van der Waals surface area contributed by atoms with E-state index in [1.54, 1.807) is 7.11 Å². The molecule has 2 N–H and O–H groups in total. The molecule has 0 bridgehead atoms. The Morgan fingerprint density at radius 2 is 1.85 bits per heavy atom. The molecule has 0 aliphatic heterocycles. The SMILES string of the molecule is CCNC(=NCC(O)c1ccc(OC)cc1)N(C)Cc1ccccc1C.I. The molecule has 1 unspecified atom stereocenters. The first-order valence-electron chi connectivity index (χ1n) is 8.91. The molecule has 0 aromatic heterocycles. The van der Waals surface area contributed by atoms with Gasteiger partial charge in [-0.1, -0.05) is 36.4 Å². The number of aryl methyl sites for hydroxylation is 1. The average molecular weight is 483 g/mol. The number of rotatable bonds is 7. The van der Waals surface area contributed by atoms with Crippen LogP contribution in [0.4, 0.5) is 0 Å². The first-order chi connectivity index (χ1) is 12.5. The molecular formula is C21H30IN3O2. The molecule has 0 aliphatic carbocycles. The summed E-state index contributed by atoms with van der Waals surface area (Å²) in [6.07, 6.45) is -0.651. The van der Waals surface area contributed by atoms with Crippen LogP contribution in [0.3, 0.4) is 0 Å². The van der Waals surface area contributed by atoms with Crippen molar-refractivity contribution >= 4 is 29.9 Å². The highest BCUT2D eigenvalue weighted by molar-refractivity contribution is 14.0. The monoisotopic (exact) mass is 483 g/mol.